The molecular formula is C14H19ClN2O. The van der Waals surface area contributed by atoms with Crippen molar-refractivity contribution in [3.05, 3.63) is 28.9 Å². The molecule has 0 aliphatic carbocycles. The van der Waals surface area contributed by atoms with Crippen LogP contribution in [0.5, 0.6) is 5.75 Å². The van der Waals surface area contributed by atoms with Crippen molar-refractivity contribution in [3.63, 3.8) is 0 Å². The highest BCUT2D eigenvalue weighted by Gasteiger charge is 2.14. The second-order valence-electron chi connectivity index (χ2n) is 4.34. The summed E-state index contributed by atoms with van der Waals surface area (Å²) in [7, 11) is 3.72. The van der Waals surface area contributed by atoms with Crippen molar-refractivity contribution in [2.75, 3.05) is 20.2 Å². The third kappa shape index (κ3) is 2.33. The monoisotopic (exact) mass is 266 g/mol. The Kier molecular flexibility index (Phi) is 4.15. The number of ether oxygens (including phenoxy) is 1. The predicted molar refractivity (Wildman–Crippen MR) is 76.7 cm³/mol. The zero-order valence-corrected chi connectivity index (χ0v) is 11.8. The molecule has 0 unspecified atom stereocenters. The van der Waals surface area contributed by atoms with Gasteiger partial charge in [0.15, 0.2) is 0 Å². The van der Waals surface area contributed by atoms with E-state index in [2.05, 4.69) is 23.0 Å². The first-order chi connectivity index (χ1) is 8.69. The average Bonchev–Trinajstić information content (AvgIpc) is 2.69. The van der Waals surface area contributed by atoms with E-state index in [9.17, 15) is 0 Å². The Balaban J connectivity index is 2.49. The number of aryl methyl sites for hydroxylation is 1. The molecule has 0 bridgehead atoms. The van der Waals surface area contributed by atoms with E-state index < -0.39 is 0 Å². The second-order valence-corrected chi connectivity index (χ2v) is 4.75. The molecule has 0 radical (unpaired) electrons. The number of fused-ring (bicyclic) bond motifs is 1. The lowest BCUT2D eigenvalue weighted by atomic mass is 10.1. The SMILES string of the molecule is CCNCCc1cn(C)c2c(Cl)ccc(OC)c12. The molecule has 0 aliphatic heterocycles. The minimum absolute atomic E-state index is 0.767. The van der Waals surface area contributed by atoms with Crippen molar-refractivity contribution in [1.82, 2.24) is 9.88 Å². The van der Waals surface area contributed by atoms with Crippen molar-refractivity contribution in [3.8, 4) is 5.75 Å². The smallest absolute Gasteiger partial charge is 0.128 e. The third-order valence-electron chi connectivity index (χ3n) is 3.15. The van der Waals surface area contributed by atoms with Gasteiger partial charge >= 0.3 is 0 Å². The molecule has 0 saturated carbocycles. The Hall–Kier alpha value is -1.19. The summed E-state index contributed by atoms with van der Waals surface area (Å²) in [5.74, 6) is 0.890. The molecule has 3 nitrogen and oxygen atoms in total. The summed E-state index contributed by atoms with van der Waals surface area (Å²) in [5, 5.41) is 5.24. The molecule has 0 saturated heterocycles. The Morgan fingerprint density at radius 1 is 1.39 bits per heavy atom. The summed E-state index contributed by atoms with van der Waals surface area (Å²) < 4.78 is 7.52. The van der Waals surface area contributed by atoms with E-state index in [0.717, 1.165) is 41.2 Å². The molecular weight excluding hydrogens is 248 g/mol. The molecule has 0 atom stereocenters. The molecule has 1 heterocycles. The summed E-state index contributed by atoms with van der Waals surface area (Å²) in [6.07, 6.45) is 3.11. The first kappa shape index (κ1) is 13.2. The number of hydrogen-bond acceptors (Lipinski definition) is 2. The van der Waals surface area contributed by atoms with Crippen LogP contribution in [-0.2, 0) is 13.5 Å². The van der Waals surface area contributed by atoms with Gasteiger partial charge in [-0.15, -0.1) is 0 Å². The number of methoxy groups -OCH3 is 1. The van der Waals surface area contributed by atoms with Crippen LogP contribution < -0.4 is 10.1 Å². The van der Waals surface area contributed by atoms with Crippen LogP contribution in [0, 0.1) is 0 Å². The highest BCUT2D eigenvalue weighted by molar-refractivity contribution is 6.35. The number of halogens is 1. The van der Waals surface area contributed by atoms with Gasteiger partial charge in [-0.1, -0.05) is 18.5 Å². The number of benzene rings is 1. The van der Waals surface area contributed by atoms with E-state index in [-0.39, 0.29) is 0 Å². The molecule has 4 heteroatoms. The molecule has 0 fully saturated rings. The number of nitrogens with zero attached hydrogens (tertiary/aromatic N) is 1. The minimum atomic E-state index is 0.767. The van der Waals surface area contributed by atoms with Gasteiger partial charge in [-0.2, -0.15) is 0 Å². The normalized spacial score (nSPS) is 11.1. The van der Waals surface area contributed by atoms with E-state index in [1.165, 1.54) is 5.56 Å². The lowest BCUT2D eigenvalue weighted by Gasteiger charge is -2.06. The Bertz CT molecular complexity index is 548. The molecule has 2 rings (SSSR count). The van der Waals surface area contributed by atoms with Crippen molar-refractivity contribution < 1.29 is 4.74 Å². The van der Waals surface area contributed by atoms with E-state index in [0.29, 0.717) is 0 Å². The highest BCUT2D eigenvalue weighted by Crippen LogP contribution is 2.35. The molecule has 18 heavy (non-hydrogen) atoms. The minimum Gasteiger partial charge on any atom is -0.496 e. The fourth-order valence-corrected chi connectivity index (χ4v) is 2.62. The van der Waals surface area contributed by atoms with Gasteiger partial charge in [0.05, 0.1) is 17.6 Å². The van der Waals surface area contributed by atoms with Crippen LogP contribution in [0.4, 0.5) is 0 Å². The second kappa shape index (κ2) is 5.63. The lowest BCUT2D eigenvalue weighted by molar-refractivity contribution is 0.419. The lowest BCUT2D eigenvalue weighted by Crippen LogP contribution is -2.15. The Morgan fingerprint density at radius 3 is 2.83 bits per heavy atom. The largest absolute Gasteiger partial charge is 0.496 e. The number of rotatable bonds is 5. The molecule has 0 amide bonds. The van der Waals surface area contributed by atoms with Gasteiger partial charge in [0, 0.05) is 18.6 Å². The molecule has 98 valence electrons. The quantitative estimate of drug-likeness (QED) is 0.842. The van der Waals surface area contributed by atoms with Gasteiger partial charge in [-0.3, -0.25) is 0 Å². The van der Waals surface area contributed by atoms with Gasteiger partial charge in [0.1, 0.15) is 5.75 Å². The van der Waals surface area contributed by atoms with Crippen LogP contribution >= 0.6 is 11.6 Å². The van der Waals surface area contributed by atoms with E-state index in [1.807, 2.05) is 19.2 Å². The van der Waals surface area contributed by atoms with Crippen LogP contribution in [0.15, 0.2) is 18.3 Å². The fourth-order valence-electron chi connectivity index (χ4n) is 2.32. The van der Waals surface area contributed by atoms with Gasteiger partial charge in [0.2, 0.25) is 0 Å². The van der Waals surface area contributed by atoms with Crippen molar-refractivity contribution in [1.29, 1.82) is 0 Å². The summed E-state index contributed by atoms with van der Waals surface area (Å²) in [6.45, 7) is 4.06. The molecule has 1 aromatic carbocycles. The number of likely N-dealkylation sites (N-methyl/N-ethyl adjacent to an activating group) is 1. The van der Waals surface area contributed by atoms with Crippen LogP contribution in [-0.4, -0.2) is 24.8 Å². The van der Waals surface area contributed by atoms with Crippen LogP contribution in [0.2, 0.25) is 5.02 Å². The maximum Gasteiger partial charge on any atom is 0.128 e. The maximum absolute atomic E-state index is 6.27. The van der Waals surface area contributed by atoms with Gasteiger partial charge < -0.3 is 14.6 Å². The average molecular weight is 267 g/mol. The van der Waals surface area contributed by atoms with Crippen LogP contribution in [0.25, 0.3) is 10.9 Å². The third-order valence-corrected chi connectivity index (χ3v) is 3.46. The molecule has 0 spiro atoms. The predicted octanol–water partition coefficient (Wildman–Crippen LogP) is 2.99. The zero-order chi connectivity index (χ0) is 13.1. The summed E-state index contributed by atoms with van der Waals surface area (Å²) in [4.78, 5) is 0. The molecule has 1 N–H and O–H groups in total. The van der Waals surface area contributed by atoms with Crippen molar-refractivity contribution in [2.45, 2.75) is 13.3 Å². The highest BCUT2D eigenvalue weighted by atomic mass is 35.5. The van der Waals surface area contributed by atoms with Gasteiger partial charge in [-0.05, 0) is 37.2 Å². The van der Waals surface area contributed by atoms with E-state index >= 15 is 0 Å². The van der Waals surface area contributed by atoms with E-state index in [4.69, 9.17) is 16.3 Å². The summed E-state index contributed by atoms with van der Waals surface area (Å²) >= 11 is 6.27. The number of nitrogens with one attached hydrogen (secondary N) is 1. The summed E-state index contributed by atoms with van der Waals surface area (Å²) in [6, 6.07) is 3.82. The zero-order valence-electron chi connectivity index (χ0n) is 11.1. The standard InChI is InChI=1S/C14H19ClN2O/c1-4-16-8-7-10-9-17(2)14-11(15)5-6-12(18-3)13(10)14/h5-6,9,16H,4,7-8H2,1-3H3. The van der Waals surface area contributed by atoms with Crippen molar-refractivity contribution in [2.24, 2.45) is 7.05 Å². The molecule has 0 aliphatic rings. The van der Waals surface area contributed by atoms with Crippen LogP contribution in [0.3, 0.4) is 0 Å². The van der Waals surface area contributed by atoms with E-state index in [1.54, 1.807) is 7.11 Å². The topological polar surface area (TPSA) is 26.2 Å². The first-order valence-electron chi connectivity index (χ1n) is 6.20. The fraction of sp³-hybridized carbons (Fsp3) is 0.429. The van der Waals surface area contributed by atoms with Crippen LogP contribution in [0.1, 0.15) is 12.5 Å². The first-order valence-corrected chi connectivity index (χ1v) is 6.58. The number of aromatic nitrogens is 1. The molecule has 2 aromatic rings. The maximum atomic E-state index is 6.27. The molecule has 1 aromatic heterocycles. The van der Waals surface area contributed by atoms with Gasteiger partial charge in [-0.25, -0.2) is 0 Å². The van der Waals surface area contributed by atoms with Crippen molar-refractivity contribution >= 4 is 22.5 Å². The number of hydrogen-bond donors (Lipinski definition) is 1. The Labute approximate surface area is 113 Å². The van der Waals surface area contributed by atoms with Gasteiger partial charge in [0.25, 0.3) is 0 Å². The Morgan fingerprint density at radius 2 is 2.17 bits per heavy atom. The summed E-state index contributed by atoms with van der Waals surface area (Å²) in [5.41, 5.74) is 2.32.